The Morgan fingerprint density at radius 3 is 2.79 bits per heavy atom. The molecular formula is C15H14N3O+. The van der Waals surface area contributed by atoms with Crippen molar-refractivity contribution in [3.05, 3.63) is 60.7 Å². The van der Waals surface area contributed by atoms with Gasteiger partial charge < -0.3 is 4.74 Å². The smallest absolute Gasteiger partial charge is 0.280 e. The fourth-order valence-corrected chi connectivity index (χ4v) is 2.66. The molecule has 4 rings (SSSR count). The number of ether oxygens (including phenoxy) is 1. The number of nitrogens with zero attached hydrogens (tertiary/aromatic N) is 3. The molecule has 1 aromatic heterocycles. The Morgan fingerprint density at radius 2 is 2.00 bits per heavy atom. The molecule has 1 atom stereocenters. The normalized spacial score (nSPS) is 21.7. The Kier molecular flexibility index (Phi) is 2.19. The number of epoxide rings is 1. The van der Waals surface area contributed by atoms with Crippen molar-refractivity contribution in [2.75, 3.05) is 6.61 Å². The first-order valence-corrected chi connectivity index (χ1v) is 6.37. The molecule has 0 amide bonds. The maximum absolute atomic E-state index is 4.64. The number of hydrogen-bond acceptors (Lipinski definition) is 2. The average Bonchev–Trinajstić information content (AvgIpc) is 3.04. The molecule has 0 radical (unpaired) electrons. The number of aliphatic hydroxyl groups is 2. The lowest BCUT2D eigenvalue weighted by molar-refractivity contribution is 0.115. The number of rotatable bonds is 3. The summed E-state index contributed by atoms with van der Waals surface area (Å²) in [5.41, 5.74) is 1.18. The van der Waals surface area contributed by atoms with Gasteiger partial charge in [0.05, 0.1) is 5.56 Å². The van der Waals surface area contributed by atoms with Crippen LogP contribution in [0.2, 0.25) is 0 Å². The van der Waals surface area contributed by atoms with Crippen LogP contribution in [0.4, 0.5) is 0 Å². The average molecular weight is 252 g/mol. The quantitative estimate of drug-likeness (QED) is 0.527. The van der Waals surface area contributed by atoms with Crippen LogP contribution in [-0.4, -0.2) is 26.1 Å². The van der Waals surface area contributed by atoms with E-state index in [2.05, 4.69) is 57.3 Å². The van der Waals surface area contributed by atoms with Gasteiger partial charge in [-0.3, -0.25) is 0 Å². The molecule has 1 aliphatic heterocycles. The maximum atomic E-state index is 4.64. The van der Waals surface area contributed by atoms with E-state index in [0.717, 1.165) is 13.2 Å². The minimum Gasteiger partial charge on any atom is -0.412 e. The molecule has 0 bridgehead atoms. The molecule has 94 valence electrons. The molecule has 1 N–H and O–H groups in total. The Labute approximate surface area is 110 Å². The summed E-state index contributed by atoms with van der Waals surface area (Å²) >= 11 is 0. The van der Waals surface area contributed by atoms with Crippen LogP contribution in [0.25, 0.3) is 10.8 Å². The fraction of sp³-hybridized carbons (Fsp3) is 0.200. The van der Waals surface area contributed by atoms with Crippen molar-refractivity contribution in [2.24, 2.45) is 0 Å². The molecule has 1 aliphatic rings. The molecule has 4 nitrogen and oxygen atoms in total. The summed E-state index contributed by atoms with van der Waals surface area (Å²) in [7, 11) is 0. The topological polar surface area (TPSA) is 43.5 Å². The van der Waals surface area contributed by atoms with Crippen LogP contribution in [0.5, 0.6) is 0 Å². The van der Waals surface area contributed by atoms with Crippen LogP contribution in [-0.2, 0) is 12.1 Å². The van der Waals surface area contributed by atoms with Crippen LogP contribution < -0.4 is 0 Å². The first-order chi connectivity index (χ1) is 9.37. The number of aromatic nitrogens is 3. The van der Waals surface area contributed by atoms with Gasteiger partial charge in [-0.25, -0.2) is 9.67 Å². The highest BCUT2D eigenvalue weighted by atomic mass is 16.6. The second kappa shape index (κ2) is 3.90. The Morgan fingerprint density at radius 1 is 1.16 bits per heavy atom. The second-order valence-corrected chi connectivity index (χ2v) is 4.97. The van der Waals surface area contributed by atoms with Gasteiger partial charge in [0.15, 0.2) is 0 Å². The Hall–Kier alpha value is -2.20. The van der Waals surface area contributed by atoms with Gasteiger partial charge in [-0.2, -0.15) is 5.10 Å². The molecule has 4 heteroatoms. The van der Waals surface area contributed by atoms with Crippen molar-refractivity contribution < 1.29 is 4.74 Å². The summed E-state index contributed by atoms with van der Waals surface area (Å²) in [4.78, 5) is 4.00. The molecule has 1 saturated heterocycles. The van der Waals surface area contributed by atoms with Gasteiger partial charge in [-0.05, 0) is 16.8 Å². The molecule has 0 saturated carbocycles. The second-order valence-electron chi connectivity index (χ2n) is 4.97. The molecular weight excluding hydrogens is 238 g/mol. The number of fused-ring (bicyclic) bond motifs is 1. The Balaban J connectivity index is 1.82. The largest absolute Gasteiger partial charge is 0.412 e. The third-order valence-corrected chi connectivity index (χ3v) is 3.72. The van der Waals surface area contributed by atoms with Gasteiger partial charge >= 0.3 is 0 Å². The highest BCUT2D eigenvalue weighted by Crippen LogP contribution is 2.40. The summed E-state index contributed by atoms with van der Waals surface area (Å²) in [5, 5.41) is 6.74. The predicted molar refractivity (Wildman–Crippen MR) is 72.7 cm³/mol. The Bertz CT molecular complexity index is 712. The van der Waals surface area contributed by atoms with Gasteiger partial charge in [0, 0.05) is 0 Å². The molecule has 3 aromatic rings. The molecule has 1 unspecified atom stereocenters. The van der Waals surface area contributed by atoms with E-state index in [1.165, 1.54) is 16.3 Å². The van der Waals surface area contributed by atoms with Gasteiger partial charge in [0.1, 0.15) is 19.2 Å². The molecule has 1 fully saturated rings. The summed E-state index contributed by atoms with van der Waals surface area (Å²) < 4.78 is 6.50. The summed E-state index contributed by atoms with van der Waals surface area (Å²) in [6.07, 6.45) is 3.32. The van der Waals surface area contributed by atoms with Gasteiger partial charge in [0.2, 0.25) is 6.61 Å². The lowest BCUT2D eigenvalue weighted by Crippen LogP contribution is -2.19. The monoisotopic (exact) mass is 252 g/mol. The lowest BCUT2D eigenvalue weighted by atomic mass is 9.94. The zero-order chi connectivity index (χ0) is 12.7. The van der Waals surface area contributed by atoms with Crippen LogP contribution in [0, 0.1) is 0 Å². The minimum absolute atomic E-state index is 0.117. The standard InChI is InChI=1S/C15H13N3O/c1-2-6-13-12(4-1)5-3-7-14(13)15(9-19-15)8-18-11-16-10-17-18/h1-7,10-11H,8-9H2/p+1. The van der Waals surface area contributed by atoms with E-state index in [-0.39, 0.29) is 5.60 Å². The predicted octanol–water partition coefficient (Wildman–Crippen LogP) is 1.87. The van der Waals surface area contributed by atoms with E-state index < -0.39 is 0 Å². The molecule has 2 aromatic carbocycles. The van der Waals surface area contributed by atoms with Gasteiger partial charge in [-0.15, -0.1) is 0 Å². The van der Waals surface area contributed by atoms with Gasteiger partial charge in [-0.1, -0.05) is 36.4 Å². The van der Waals surface area contributed by atoms with Gasteiger partial charge in [0.25, 0.3) is 5.60 Å². The number of hydrogen-bond donors (Lipinski definition) is 0. The van der Waals surface area contributed by atoms with Crippen molar-refractivity contribution in [2.45, 2.75) is 12.1 Å². The van der Waals surface area contributed by atoms with Crippen molar-refractivity contribution in [3.63, 3.8) is 0 Å². The summed E-state index contributed by atoms with van der Waals surface area (Å²) in [5.74, 6) is 0. The molecule has 0 spiro atoms. The van der Waals surface area contributed by atoms with Crippen LogP contribution in [0.3, 0.4) is 0 Å². The van der Waals surface area contributed by atoms with Crippen molar-refractivity contribution in [1.29, 1.82) is 0 Å². The van der Waals surface area contributed by atoms with E-state index in [0.29, 0.717) is 0 Å². The first kappa shape index (κ1) is 10.7. The highest BCUT2D eigenvalue weighted by Gasteiger charge is 2.56. The number of benzene rings is 2. The van der Waals surface area contributed by atoms with E-state index in [4.69, 9.17) is 0 Å². The van der Waals surface area contributed by atoms with Crippen molar-refractivity contribution >= 4 is 10.8 Å². The third kappa shape index (κ3) is 1.72. The molecule has 2 heterocycles. The van der Waals surface area contributed by atoms with Crippen molar-refractivity contribution in [1.82, 2.24) is 14.8 Å². The van der Waals surface area contributed by atoms with Crippen LogP contribution in [0.1, 0.15) is 5.56 Å². The maximum Gasteiger partial charge on any atom is 0.280 e. The van der Waals surface area contributed by atoms with Crippen molar-refractivity contribution in [3.8, 4) is 0 Å². The molecule has 19 heavy (non-hydrogen) atoms. The minimum atomic E-state index is -0.117. The zero-order valence-electron chi connectivity index (χ0n) is 10.4. The van der Waals surface area contributed by atoms with E-state index >= 15 is 0 Å². The SMILES string of the molecule is c1ccc2c(C3(Cn4cncn4)C[OH+]3)cccc2c1. The van der Waals surface area contributed by atoms with E-state index in [9.17, 15) is 0 Å². The zero-order valence-corrected chi connectivity index (χ0v) is 10.4. The first-order valence-electron chi connectivity index (χ1n) is 6.37. The summed E-state index contributed by atoms with van der Waals surface area (Å²) in [6, 6.07) is 14.9. The van der Waals surface area contributed by atoms with Crippen LogP contribution in [0.15, 0.2) is 55.1 Å². The van der Waals surface area contributed by atoms with Crippen LogP contribution >= 0.6 is 0 Å². The van der Waals surface area contributed by atoms with E-state index in [1.54, 1.807) is 12.7 Å². The highest BCUT2D eigenvalue weighted by molar-refractivity contribution is 5.86. The van der Waals surface area contributed by atoms with E-state index in [1.807, 2.05) is 4.68 Å². The fourth-order valence-electron chi connectivity index (χ4n) is 2.66. The lowest BCUT2D eigenvalue weighted by Gasteiger charge is -2.10. The summed E-state index contributed by atoms with van der Waals surface area (Å²) in [6.45, 7) is 1.63. The third-order valence-electron chi connectivity index (χ3n) is 3.72. The molecule has 0 aliphatic carbocycles.